The molecule has 0 saturated carbocycles. The smallest absolute Gasteiger partial charge is 1.00 e. The normalized spacial score (nSPS) is 9.00. The van der Waals surface area contributed by atoms with Gasteiger partial charge in [-0.15, -0.1) is 5.56 Å². The van der Waals surface area contributed by atoms with Crippen molar-refractivity contribution in [3.8, 4) is 5.75 Å². The summed E-state index contributed by atoms with van der Waals surface area (Å²) in [6.07, 6.45) is 0. The van der Waals surface area contributed by atoms with E-state index in [0.29, 0.717) is 12.4 Å². The summed E-state index contributed by atoms with van der Waals surface area (Å²) in [6.45, 7) is 0.427. The van der Waals surface area contributed by atoms with Crippen molar-refractivity contribution in [3.63, 3.8) is 0 Å². The van der Waals surface area contributed by atoms with E-state index in [1.165, 1.54) is 12.1 Å². The van der Waals surface area contributed by atoms with E-state index >= 15 is 0 Å². The van der Waals surface area contributed by atoms with Crippen molar-refractivity contribution in [1.29, 1.82) is 0 Å². The molecule has 5 heteroatoms. The summed E-state index contributed by atoms with van der Waals surface area (Å²) in [7, 11) is 0. The topological polar surface area (TPSA) is 9.23 Å². The molecule has 0 spiro atoms. The monoisotopic (exact) mass is 338 g/mol. The molecule has 0 aromatic heterocycles. The molecule has 2 aromatic carbocycles. The Kier molecular flexibility index (Phi) is 8.60. The van der Waals surface area contributed by atoms with Crippen LogP contribution in [0.3, 0.4) is 0 Å². The number of rotatable bonds is 3. The predicted octanol–water partition coefficient (Wildman–Crippen LogP) is 0.481. The number of ether oxygens (including phenoxy) is 1. The second-order valence-electron chi connectivity index (χ2n) is 3.27. The third-order valence-corrected chi connectivity index (χ3v) is 2.37. The Labute approximate surface area is 137 Å². The van der Waals surface area contributed by atoms with Crippen LogP contribution in [0, 0.1) is 11.9 Å². The van der Waals surface area contributed by atoms with Gasteiger partial charge in [-0.05, 0) is 12.1 Å². The fourth-order valence-electron chi connectivity index (χ4n) is 1.25. The Bertz CT molecular complexity index is 482. The van der Waals surface area contributed by atoms with Crippen molar-refractivity contribution in [2.45, 2.75) is 6.61 Å². The van der Waals surface area contributed by atoms with Gasteiger partial charge in [-0.25, -0.2) is 4.39 Å². The maximum absolute atomic E-state index is 12.9. The maximum atomic E-state index is 12.9. The van der Waals surface area contributed by atoms with E-state index in [1.54, 1.807) is 6.07 Å². The summed E-state index contributed by atoms with van der Waals surface area (Å²) >= 11 is 5.64. The summed E-state index contributed by atoms with van der Waals surface area (Å²) in [4.78, 5) is 0. The Balaban J connectivity index is 0.00000144. The molecule has 0 bridgehead atoms. The molecule has 18 heavy (non-hydrogen) atoms. The van der Waals surface area contributed by atoms with Gasteiger partial charge in [-0.2, -0.15) is 30.3 Å². The van der Waals surface area contributed by atoms with Gasteiger partial charge in [-0.3, -0.25) is 0 Å². The molecule has 0 aliphatic heterocycles. The van der Waals surface area contributed by atoms with E-state index in [1.807, 2.05) is 24.3 Å². The first kappa shape index (κ1) is 17.7. The molecule has 0 saturated heterocycles. The minimum absolute atomic E-state index is 0. The summed E-state index contributed by atoms with van der Waals surface area (Å²) in [5.41, 5.74) is 1.03. The largest absolute Gasteiger partial charge is 2.00 e. The zero-order chi connectivity index (χ0) is 11.4. The molecule has 90 valence electrons. The Hall–Kier alpha value is -0.294. The van der Waals surface area contributed by atoms with Crippen LogP contribution < -0.4 is 21.7 Å². The van der Waals surface area contributed by atoms with Gasteiger partial charge in [0.05, 0.1) is 11.6 Å². The van der Waals surface area contributed by atoms with E-state index in [2.05, 4.69) is 6.07 Å². The van der Waals surface area contributed by atoms with E-state index in [4.69, 9.17) is 16.3 Å². The summed E-state index contributed by atoms with van der Waals surface area (Å²) < 4.78 is 18.3. The van der Waals surface area contributed by atoms with E-state index < -0.39 is 5.82 Å². The molecule has 0 N–H and O–H groups in total. The van der Waals surface area contributed by atoms with Gasteiger partial charge in [0.1, 0.15) is 11.6 Å². The number of hydrogen-bond donors (Lipinski definition) is 0. The molecule has 2 rings (SSSR count). The van der Waals surface area contributed by atoms with Crippen molar-refractivity contribution in [2.24, 2.45) is 0 Å². The molecule has 2 aromatic rings. The minimum Gasteiger partial charge on any atom is -1.00 e. The van der Waals surface area contributed by atoms with Crippen LogP contribution in [0.1, 0.15) is 5.56 Å². The molecule has 0 heterocycles. The third-order valence-electron chi connectivity index (χ3n) is 2.08. The van der Waals surface area contributed by atoms with E-state index in [9.17, 15) is 4.39 Å². The van der Waals surface area contributed by atoms with Gasteiger partial charge in [0.15, 0.2) is 0 Å². The average Bonchev–Trinajstić information content (AvgIpc) is 2.32. The fourth-order valence-corrected chi connectivity index (χ4v) is 1.42. The first-order chi connectivity index (χ1) is 7.75. The second-order valence-corrected chi connectivity index (χ2v) is 3.68. The minimum atomic E-state index is -0.441. The van der Waals surface area contributed by atoms with Crippen molar-refractivity contribution in [3.05, 3.63) is 64.9 Å². The van der Waals surface area contributed by atoms with Gasteiger partial charge in [0.25, 0.3) is 0 Å². The molecule has 1 nitrogen and oxygen atoms in total. The van der Waals surface area contributed by atoms with E-state index in [0.717, 1.165) is 5.56 Å². The SMILES string of the molecule is Fc1ccc(OCc2cc[c-]cc2)cc1Cl.[Br-].[Mg+2]. The van der Waals surface area contributed by atoms with Crippen LogP contribution in [0.2, 0.25) is 5.02 Å². The summed E-state index contributed by atoms with van der Waals surface area (Å²) in [6, 6.07) is 14.7. The molecule has 0 radical (unpaired) electrons. The van der Waals surface area contributed by atoms with Crippen molar-refractivity contribution >= 4 is 34.7 Å². The molecule has 0 aliphatic carbocycles. The fraction of sp³-hybridized carbons (Fsp3) is 0.0769. The zero-order valence-electron chi connectivity index (χ0n) is 9.50. The molecule has 0 unspecified atom stereocenters. The molecule has 0 fully saturated rings. The molecular weight excluding hydrogens is 331 g/mol. The van der Waals surface area contributed by atoms with Gasteiger partial charge in [-0.1, -0.05) is 11.6 Å². The maximum Gasteiger partial charge on any atom is 2.00 e. The molecule has 0 atom stereocenters. The number of benzene rings is 2. The predicted molar refractivity (Wildman–Crippen MR) is 66.8 cm³/mol. The first-order valence-corrected chi connectivity index (χ1v) is 5.16. The Morgan fingerprint density at radius 2 is 1.83 bits per heavy atom. The van der Waals surface area contributed by atoms with Crippen LogP contribution in [0.4, 0.5) is 4.39 Å². The van der Waals surface area contributed by atoms with Gasteiger partial charge >= 0.3 is 23.1 Å². The summed E-state index contributed by atoms with van der Waals surface area (Å²) in [5.74, 6) is 0.113. The van der Waals surface area contributed by atoms with Crippen molar-refractivity contribution in [1.82, 2.24) is 0 Å². The van der Waals surface area contributed by atoms with Gasteiger partial charge in [0.2, 0.25) is 0 Å². The van der Waals surface area contributed by atoms with Gasteiger partial charge in [0, 0.05) is 6.07 Å². The van der Waals surface area contributed by atoms with Crippen molar-refractivity contribution < 1.29 is 26.1 Å². The zero-order valence-corrected chi connectivity index (χ0v) is 13.3. The number of halogens is 3. The van der Waals surface area contributed by atoms with Crippen LogP contribution in [0.15, 0.2) is 42.5 Å². The van der Waals surface area contributed by atoms with E-state index in [-0.39, 0.29) is 45.1 Å². The third kappa shape index (κ3) is 5.14. The van der Waals surface area contributed by atoms with Crippen LogP contribution >= 0.6 is 11.6 Å². The van der Waals surface area contributed by atoms with Crippen LogP contribution in [0.25, 0.3) is 0 Å². The quantitative estimate of drug-likeness (QED) is 0.584. The standard InChI is InChI=1S/C13H9ClFO.BrH.Mg/c14-12-8-11(6-7-13(12)15)16-9-10-4-2-1-3-5-10;;/h2-8H,9H2;1H;/q-1;;+2/p-1. The summed E-state index contributed by atoms with van der Waals surface area (Å²) in [5, 5.41) is 0.0684. The Morgan fingerprint density at radius 1 is 1.17 bits per heavy atom. The molecule has 0 aliphatic rings. The van der Waals surface area contributed by atoms with Crippen LogP contribution in [-0.2, 0) is 6.61 Å². The average molecular weight is 340 g/mol. The van der Waals surface area contributed by atoms with Crippen LogP contribution in [-0.4, -0.2) is 23.1 Å². The van der Waals surface area contributed by atoms with Gasteiger partial charge < -0.3 is 21.7 Å². The second kappa shape index (κ2) is 8.75. The molecule has 0 amide bonds. The first-order valence-electron chi connectivity index (χ1n) is 4.78. The Morgan fingerprint density at radius 3 is 2.44 bits per heavy atom. The van der Waals surface area contributed by atoms with Crippen molar-refractivity contribution in [2.75, 3.05) is 0 Å². The molecular formula is C13H9BrClFMgO. The van der Waals surface area contributed by atoms with Crippen LogP contribution in [0.5, 0.6) is 5.75 Å². The number of hydrogen-bond acceptors (Lipinski definition) is 1.